The molecular formula is C15H21N5O2. The van der Waals surface area contributed by atoms with Gasteiger partial charge in [0.05, 0.1) is 12.4 Å². The Morgan fingerprint density at radius 1 is 1.23 bits per heavy atom. The third-order valence-corrected chi connectivity index (χ3v) is 3.22. The number of aromatic nitrogens is 2. The highest BCUT2D eigenvalue weighted by Crippen LogP contribution is 2.15. The van der Waals surface area contributed by atoms with Crippen LogP contribution in [0.3, 0.4) is 0 Å². The Labute approximate surface area is 130 Å². The van der Waals surface area contributed by atoms with Gasteiger partial charge >= 0.3 is 6.09 Å². The molecule has 1 aliphatic heterocycles. The molecule has 1 aromatic heterocycles. The summed E-state index contributed by atoms with van der Waals surface area (Å²) in [5.74, 6) is 0.727. The number of carbonyl (C=O) groups is 1. The second-order valence-corrected chi connectivity index (χ2v) is 6.18. The summed E-state index contributed by atoms with van der Waals surface area (Å²) in [4.78, 5) is 24.2. The quantitative estimate of drug-likeness (QED) is 0.786. The van der Waals surface area contributed by atoms with E-state index in [9.17, 15) is 4.79 Å². The summed E-state index contributed by atoms with van der Waals surface area (Å²) in [7, 11) is 0. The maximum Gasteiger partial charge on any atom is 0.410 e. The molecule has 0 N–H and O–H groups in total. The van der Waals surface area contributed by atoms with Gasteiger partial charge < -0.3 is 14.5 Å². The molecule has 0 atom stereocenters. The fourth-order valence-corrected chi connectivity index (χ4v) is 2.20. The van der Waals surface area contributed by atoms with Crippen molar-refractivity contribution in [3.8, 4) is 6.07 Å². The maximum absolute atomic E-state index is 12.1. The molecule has 2 heterocycles. The van der Waals surface area contributed by atoms with Gasteiger partial charge in [0.25, 0.3) is 0 Å². The van der Waals surface area contributed by atoms with E-state index in [4.69, 9.17) is 10.00 Å². The molecule has 1 aliphatic rings. The second kappa shape index (κ2) is 6.60. The lowest BCUT2D eigenvalue weighted by Crippen LogP contribution is -2.39. The van der Waals surface area contributed by atoms with Crippen LogP contribution in [0.4, 0.5) is 10.6 Å². The normalized spacial score (nSPS) is 15.9. The van der Waals surface area contributed by atoms with Crippen LogP contribution >= 0.6 is 0 Å². The van der Waals surface area contributed by atoms with E-state index in [1.54, 1.807) is 11.1 Å². The Hall–Kier alpha value is -2.36. The number of amides is 1. The lowest BCUT2D eigenvalue weighted by molar-refractivity contribution is 0.0263. The Morgan fingerprint density at radius 3 is 2.59 bits per heavy atom. The number of hydrogen-bond acceptors (Lipinski definition) is 6. The molecule has 1 saturated heterocycles. The largest absolute Gasteiger partial charge is 0.444 e. The minimum Gasteiger partial charge on any atom is -0.444 e. The van der Waals surface area contributed by atoms with E-state index in [1.165, 1.54) is 6.20 Å². The van der Waals surface area contributed by atoms with Gasteiger partial charge in [-0.05, 0) is 27.2 Å². The summed E-state index contributed by atoms with van der Waals surface area (Å²) in [6.45, 7) is 8.29. The Balaban J connectivity index is 1.97. The highest BCUT2D eigenvalue weighted by Gasteiger charge is 2.24. The SMILES string of the molecule is CC(C)(C)OC(=O)N1CCCN(c2cnc(C#N)cn2)CC1. The lowest BCUT2D eigenvalue weighted by Gasteiger charge is -2.26. The van der Waals surface area contributed by atoms with Crippen LogP contribution in [0, 0.1) is 11.3 Å². The van der Waals surface area contributed by atoms with Crippen LogP contribution in [0.5, 0.6) is 0 Å². The van der Waals surface area contributed by atoms with Crippen molar-refractivity contribution >= 4 is 11.9 Å². The van der Waals surface area contributed by atoms with Crippen molar-refractivity contribution in [3.05, 3.63) is 18.1 Å². The summed E-state index contributed by atoms with van der Waals surface area (Å²) in [6.07, 6.45) is 3.62. The minimum atomic E-state index is -0.484. The van der Waals surface area contributed by atoms with Crippen LogP contribution in [0.1, 0.15) is 32.9 Å². The number of carbonyl (C=O) groups excluding carboxylic acids is 1. The van der Waals surface area contributed by atoms with Crippen molar-refractivity contribution in [2.45, 2.75) is 32.8 Å². The maximum atomic E-state index is 12.1. The zero-order chi connectivity index (χ0) is 16.2. The van der Waals surface area contributed by atoms with E-state index >= 15 is 0 Å². The first-order valence-electron chi connectivity index (χ1n) is 7.34. The van der Waals surface area contributed by atoms with Crippen LogP contribution in [-0.2, 0) is 4.74 Å². The fraction of sp³-hybridized carbons (Fsp3) is 0.600. The van der Waals surface area contributed by atoms with E-state index < -0.39 is 5.60 Å². The second-order valence-electron chi connectivity index (χ2n) is 6.18. The van der Waals surface area contributed by atoms with Gasteiger partial charge in [-0.3, -0.25) is 0 Å². The Morgan fingerprint density at radius 2 is 2.00 bits per heavy atom. The van der Waals surface area contributed by atoms with Crippen molar-refractivity contribution in [2.75, 3.05) is 31.1 Å². The molecule has 1 aromatic rings. The van der Waals surface area contributed by atoms with Crippen LogP contribution in [-0.4, -0.2) is 52.7 Å². The summed E-state index contributed by atoms with van der Waals surface area (Å²) in [5.41, 5.74) is -0.184. The summed E-state index contributed by atoms with van der Waals surface area (Å²) >= 11 is 0. The van der Waals surface area contributed by atoms with Gasteiger partial charge in [0.1, 0.15) is 17.5 Å². The first-order valence-corrected chi connectivity index (χ1v) is 7.34. The molecule has 7 heteroatoms. The third kappa shape index (κ3) is 4.32. The number of ether oxygens (including phenoxy) is 1. The predicted octanol–water partition coefficient (Wildman–Crippen LogP) is 1.80. The van der Waals surface area contributed by atoms with E-state index in [0.717, 1.165) is 18.8 Å². The topological polar surface area (TPSA) is 82.4 Å². The summed E-state index contributed by atoms with van der Waals surface area (Å²) in [6, 6.07) is 1.95. The number of rotatable bonds is 1. The number of nitriles is 1. The molecule has 0 radical (unpaired) electrons. The molecule has 1 amide bonds. The van der Waals surface area contributed by atoms with Gasteiger partial charge in [0.15, 0.2) is 5.69 Å². The van der Waals surface area contributed by atoms with Gasteiger partial charge in [0.2, 0.25) is 0 Å². The highest BCUT2D eigenvalue weighted by molar-refractivity contribution is 5.68. The van der Waals surface area contributed by atoms with Crippen molar-refractivity contribution < 1.29 is 9.53 Å². The van der Waals surface area contributed by atoms with E-state index in [2.05, 4.69) is 14.9 Å². The number of hydrogen-bond donors (Lipinski definition) is 0. The molecule has 7 nitrogen and oxygen atoms in total. The molecular weight excluding hydrogens is 282 g/mol. The van der Waals surface area contributed by atoms with Gasteiger partial charge in [-0.25, -0.2) is 14.8 Å². The molecule has 0 saturated carbocycles. The van der Waals surface area contributed by atoms with Crippen molar-refractivity contribution in [2.24, 2.45) is 0 Å². The van der Waals surface area contributed by atoms with Gasteiger partial charge in [-0.15, -0.1) is 0 Å². The molecule has 1 fully saturated rings. The zero-order valence-corrected chi connectivity index (χ0v) is 13.2. The lowest BCUT2D eigenvalue weighted by atomic mass is 10.2. The molecule has 0 unspecified atom stereocenters. The van der Waals surface area contributed by atoms with Crippen molar-refractivity contribution in [3.63, 3.8) is 0 Å². The molecule has 0 spiro atoms. The van der Waals surface area contributed by atoms with Crippen LogP contribution in [0.25, 0.3) is 0 Å². The Bertz CT molecular complexity index is 559. The first kappa shape index (κ1) is 16.0. The van der Waals surface area contributed by atoms with Crippen LogP contribution < -0.4 is 4.90 Å². The third-order valence-electron chi connectivity index (χ3n) is 3.22. The smallest absolute Gasteiger partial charge is 0.410 e. The molecule has 2 rings (SSSR count). The monoisotopic (exact) mass is 303 g/mol. The predicted molar refractivity (Wildman–Crippen MR) is 81.4 cm³/mol. The van der Waals surface area contributed by atoms with Gasteiger partial charge in [0, 0.05) is 26.2 Å². The van der Waals surface area contributed by atoms with Gasteiger partial charge in [-0.2, -0.15) is 5.26 Å². The molecule has 0 aromatic carbocycles. The molecule has 0 bridgehead atoms. The van der Waals surface area contributed by atoms with Crippen LogP contribution in [0.15, 0.2) is 12.4 Å². The van der Waals surface area contributed by atoms with E-state index in [-0.39, 0.29) is 6.09 Å². The van der Waals surface area contributed by atoms with Crippen LogP contribution in [0.2, 0.25) is 0 Å². The van der Waals surface area contributed by atoms with Crippen molar-refractivity contribution in [1.29, 1.82) is 5.26 Å². The summed E-state index contributed by atoms with van der Waals surface area (Å²) < 4.78 is 5.41. The average molecular weight is 303 g/mol. The number of nitrogens with zero attached hydrogens (tertiary/aromatic N) is 5. The average Bonchev–Trinajstić information content (AvgIpc) is 2.71. The standard InChI is InChI=1S/C15H21N5O2/c1-15(2,3)22-14(21)20-6-4-5-19(7-8-20)13-11-17-12(9-16)10-18-13/h10-11H,4-8H2,1-3H3. The van der Waals surface area contributed by atoms with Crippen molar-refractivity contribution in [1.82, 2.24) is 14.9 Å². The fourth-order valence-electron chi connectivity index (χ4n) is 2.20. The molecule has 22 heavy (non-hydrogen) atoms. The number of anilines is 1. The van der Waals surface area contributed by atoms with Gasteiger partial charge in [-0.1, -0.05) is 0 Å². The Kier molecular flexibility index (Phi) is 4.81. The first-order chi connectivity index (χ1) is 10.4. The molecule has 0 aliphatic carbocycles. The van der Waals surface area contributed by atoms with E-state index in [0.29, 0.717) is 25.3 Å². The minimum absolute atomic E-state index is 0.278. The molecule has 118 valence electrons. The highest BCUT2D eigenvalue weighted by atomic mass is 16.6. The summed E-state index contributed by atoms with van der Waals surface area (Å²) in [5, 5.41) is 8.75. The zero-order valence-electron chi connectivity index (χ0n) is 13.2. The van der Waals surface area contributed by atoms with E-state index in [1.807, 2.05) is 26.8 Å².